The normalized spacial score (nSPS) is 13.9. The number of amides is 1. The maximum absolute atomic E-state index is 12.6. The van der Waals surface area contributed by atoms with Gasteiger partial charge in [-0.25, -0.2) is 0 Å². The number of hydrogen-bond acceptors (Lipinski definition) is 5. The summed E-state index contributed by atoms with van der Waals surface area (Å²) in [6.45, 7) is 4.48. The Labute approximate surface area is 285 Å². The van der Waals surface area contributed by atoms with E-state index in [9.17, 15) is 28.0 Å². The van der Waals surface area contributed by atoms with Gasteiger partial charge in [-0.15, -0.1) is 0 Å². The van der Waals surface area contributed by atoms with Crippen molar-refractivity contribution in [2.45, 2.75) is 231 Å². The Bertz CT molecular complexity index is 762. The Kier molecular flexibility index (Phi) is 32.3. The fraction of sp³-hybridized carbons (Fsp3) is 0.974. The number of carbonyl (C=O) groups excluding carboxylic acids is 1. The summed E-state index contributed by atoms with van der Waals surface area (Å²) in [5.41, 5.74) is 0. The molecule has 4 N–H and O–H groups in total. The molecule has 1 amide bonds. The van der Waals surface area contributed by atoms with Crippen molar-refractivity contribution in [2.75, 3.05) is 5.75 Å². The van der Waals surface area contributed by atoms with Gasteiger partial charge in [-0.2, -0.15) is 8.42 Å². The van der Waals surface area contributed by atoms with Gasteiger partial charge in [0.05, 0.1) is 17.9 Å². The SMILES string of the molecule is CCCCCCCCCCCCCCCCCCCCCCC(O)C(=O)NC(CS(=O)(=O)O)C(O)CCCCCCCCCCC. The maximum atomic E-state index is 12.6. The Morgan fingerprint density at radius 3 is 1.09 bits per heavy atom. The van der Waals surface area contributed by atoms with Gasteiger partial charge in [0.1, 0.15) is 6.10 Å². The van der Waals surface area contributed by atoms with Crippen LogP contribution < -0.4 is 5.32 Å². The van der Waals surface area contributed by atoms with Gasteiger partial charge in [0, 0.05) is 0 Å². The van der Waals surface area contributed by atoms with E-state index in [1.54, 1.807) is 0 Å². The van der Waals surface area contributed by atoms with Crippen LogP contribution in [0.25, 0.3) is 0 Å². The molecule has 0 fully saturated rings. The fourth-order valence-corrected chi connectivity index (χ4v) is 7.10. The van der Waals surface area contributed by atoms with Crippen LogP contribution in [0.15, 0.2) is 0 Å². The number of rotatable bonds is 36. The average Bonchev–Trinajstić information content (AvgIpc) is 3.01. The molecular weight excluding hydrogens is 598 g/mol. The molecule has 46 heavy (non-hydrogen) atoms. The Hall–Kier alpha value is -0.700. The zero-order valence-electron chi connectivity index (χ0n) is 30.3. The van der Waals surface area contributed by atoms with Crippen molar-refractivity contribution in [1.82, 2.24) is 5.32 Å². The summed E-state index contributed by atoms with van der Waals surface area (Å²) in [5.74, 6) is -1.44. The molecule has 0 rings (SSSR count). The second-order valence-electron chi connectivity index (χ2n) is 14.1. The molecule has 7 nitrogen and oxygen atoms in total. The lowest BCUT2D eigenvalue weighted by atomic mass is 10.0. The molecule has 0 spiro atoms. The van der Waals surface area contributed by atoms with E-state index < -0.39 is 40.0 Å². The molecular formula is C38H77NO6S. The third kappa shape index (κ3) is 31.9. The van der Waals surface area contributed by atoms with E-state index in [0.29, 0.717) is 12.8 Å². The molecule has 0 aliphatic heterocycles. The number of aliphatic hydroxyl groups excluding tert-OH is 2. The van der Waals surface area contributed by atoms with Crippen molar-refractivity contribution in [2.24, 2.45) is 0 Å². The van der Waals surface area contributed by atoms with Gasteiger partial charge in [-0.1, -0.05) is 200 Å². The van der Waals surface area contributed by atoms with Gasteiger partial charge in [-0.05, 0) is 12.8 Å². The van der Waals surface area contributed by atoms with Crippen LogP contribution in [0.5, 0.6) is 0 Å². The molecule has 0 saturated carbocycles. The summed E-state index contributed by atoms with van der Waals surface area (Å²) in [7, 11) is -4.39. The standard InChI is InChI=1S/C38H77NO6S/c1-3-5-7-9-11-13-14-15-16-17-18-19-20-21-22-23-25-27-29-31-33-37(41)38(42)39-35(34-46(43,44)45)36(40)32-30-28-26-24-12-10-8-6-4-2/h35-37,40-41H,3-34H2,1-2H3,(H,39,42)(H,43,44,45). The molecule has 0 bridgehead atoms. The van der Waals surface area contributed by atoms with E-state index in [2.05, 4.69) is 19.2 Å². The third-order valence-corrected chi connectivity index (χ3v) is 10.2. The smallest absolute Gasteiger partial charge is 0.266 e. The van der Waals surface area contributed by atoms with Crippen LogP contribution in [0.2, 0.25) is 0 Å². The zero-order chi connectivity index (χ0) is 34.1. The second kappa shape index (κ2) is 32.8. The summed E-state index contributed by atoms with van der Waals surface area (Å²) in [5, 5.41) is 23.4. The molecule has 8 heteroatoms. The minimum atomic E-state index is -4.39. The fourth-order valence-electron chi connectivity index (χ4n) is 6.34. The predicted molar refractivity (Wildman–Crippen MR) is 195 cm³/mol. The quantitative estimate of drug-likeness (QED) is 0.0387. The van der Waals surface area contributed by atoms with Crippen LogP contribution in [0.1, 0.15) is 213 Å². The summed E-state index contributed by atoms with van der Waals surface area (Å²) in [6, 6.07) is -1.14. The van der Waals surface area contributed by atoms with E-state index in [1.807, 2.05) is 0 Å². The first-order valence-corrected chi connectivity index (χ1v) is 21.4. The largest absolute Gasteiger partial charge is 0.391 e. The highest BCUT2D eigenvalue weighted by molar-refractivity contribution is 7.85. The average molecular weight is 676 g/mol. The van der Waals surface area contributed by atoms with Gasteiger partial charge in [0.2, 0.25) is 5.91 Å². The minimum absolute atomic E-state index is 0.303. The maximum Gasteiger partial charge on any atom is 0.266 e. The number of hydrogen-bond donors (Lipinski definition) is 4. The predicted octanol–water partition coefficient (Wildman–Crippen LogP) is 10.2. The molecule has 3 unspecified atom stereocenters. The lowest BCUT2D eigenvalue weighted by molar-refractivity contribution is -0.131. The van der Waals surface area contributed by atoms with Gasteiger partial charge < -0.3 is 15.5 Å². The van der Waals surface area contributed by atoms with Crippen LogP contribution in [0.3, 0.4) is 0 Å². The molecule has 0 saturated heterocycles. The Morgan fingerprint density at radius 2 is 0.783 bits per heavy atom. The number of aliphatic hydroxyl groups is 2. The highest BCUT2D eigenvalue weighted by atomic mass is 32.2. The lowest BCUT2D eigenvalue weighted by Gasteiger charge is -2.24. The monoisotopic (exact) mass is 676 g/mol. The van der Waals surface area contributed by atoms with Crippen LogP contribution in [-0.4, -0.2) is 53.1 Å². The van der Waals surface area contributed by atoms with Crippen molar-refractivity contribution in [3.8, 4) is 0 Å². The molecule has 0 aliphatic carbocycles. The van der Waals surface area contributed by atoms with Crippen molar-refractivity contribution in [1.29, 1.82) is 0 Å². The number of unbranched alkanes of at least 4 members (excludes halogenated alkanes) is 27. The van der Waals surface area contributed by atoms with Gasteiger partial charge in [0.15, 0.2) is 0 Å². The van der Waals surface area contributed by atoms with Crippen molar-refractivity contribution < 1.29 is 28.0 Å². The molecule has 0 aromatic carbocycles. The second-order valence-corrected chi connectivity index (χ2v) is 15.6. The molecule has 0 aromatic rings. The molecule has 0 aromatic heterocycles. The van der Waals surface area contributed by atoms with Crippen LogP contribution >= 0.6 is 0 Å². The lowest BCUT2D eigenvalue weighted by Crippen LogP contribution is -2.50. The van der Waals surface area contributed by atoms with Crippen molar-refractivity contribution >= 4 is 16.0 Å². The molecule has 0 heterocycles. The minimum Gasteiger partial charge on any atom is -0.391 e. The first-order chi connectivity index (χ1) is 22.2. The number of nitrogens with one attached hydrogen (secondary N) is 1. The highest BCUT2D eigenvalue weighted by Crippen LogP contribution is 2.16. The first-order valence-electron chi connectivity index (χ1n) is 19.8. The van der Waals surface area contributed by atoms with E-state index >= 15 is 0 Å². The van der Waals surface area contributed by atoms with Gasteiger partial charge in [-0.3, -0.25) is 9.35 Å². The van der Waals surface area contributed by atoms with E-state index in [4.69, 9.17) is 0 Å². The Morgan fingerprint density at radius 1 is 0.500 bits per heavy atom. The highest BCUT2D eigenvalue weighted by Gasteiger charge is 2.28. The summed E-state index contributed by atoms with van der Waals surface area (Å²) in [4.78, 5) is 12.6. The van der Waals surface area contributed by atoms with Crippen LogP contribution in [0, 0.1) is 0 Å². The van der Waals surface area contributed by atoms with Gasteiger partial charge >= 0.3 is 0 Å². The molecule has 0 radical (unpaired) electrons. The van der Waals surface area contributed by atoms with E-state index in [0.717, 1.165) is 44.9 Å². The third-order valence-electron chi connectivity index (χ3n) is 9.42. The molecule has 276 valence electrons. The molecule has 3 atom stereocenters. The summed E-state index contributed by atoms with van der Waals surface area (Å²) >= 11 is 0. The van der Waals surface area contributed by atoms with Crippen LogP contribution in [0.4, 0.5) is 0 Å². The first kappa shape index (κ1) is 45.3. The van der Waals surface area contributed by atoms with E-state index in [1.165, 1.54) is 141 Å². The van der Waals surface area contributed by atoms with Crippen molar-refractivity contribution in [3.63, 3.8) is 0 Å². The summed E-state index contributed by atoms with van der Waals surface area (Å²) < 4.78 is 32.4. The molecule has 0 aliphatic rings. The Balaban J connectivity index is 3.86. The number of carbonyl (C=O) groups is 1. The topological polar surface area (TPSA) is 124 Å². The zero-order valence-corrected chi connectivity index (χ0v) is 31.2. The summed E-state index contributed by atoms with van der Waals surface area (Å²) in [6.07, 6.45) is 34.2. The van der Waals surface area contributed by atoms with E-state index in [-0.39, 0.29) is 0 Å². The van der Waals surface area contributed by atoms with Crippen molar-refractivity contribution in [3.05, 3.63) is 0 Å². The van der Waals surface area contributed by atoms with Crippen LogP contribution in [-0.2, 0) is 14.9 Å². The van der Waals surface area contributed by atoms with Gasteiger partial charge in [0.25, 0.3) is 10.1 Å².